The van der Waals surface area contributed by atoms with Crippen molar-refractivity contribution in [2.75, 3.05) is 0 Å². The van der Waals surface area contributed by atoms with E-state index in [0.717, 1.165) is 13.1 Å². The first-order chi connectivity index (χ1) is 6.13. The van der Waals surface area contributed by atoms with E-state index < -0.39 is 0 Å². The first-order valence-corrected chi connectivity index (χ1v) is 5.19. The summed E-state index contributed by atoms with van der Waals surface area (Å²) in [4.78, 5) is 0. The zero-order valence-electron chi connectivity index (χ0n) is 9.52. The highest BCUT2D eigenvalue weighted by molar-refractivity contribution is 5.06. The van der Waals surface area contributed by atoms with Crippen molar-refractivity contribution in [3.63, 3.8) is 0 Å². The summed E-state index contributed by atoms with van der Waals surface area (Å²) in [5, 5.41) is 0. The number of rotatable bonds is 3. The fourth-order valence-corrected chi connectivity index (χ4v) is 2.04. The van der Waals surface area contributed by atoms with Crippen LogP contribution in [0.15, 0.2) is 0 Å². The van der Waals surface area contributed by atoms with Crippen LogP contribution in [0.2, 0.25) is 0 Å². The molecule has 0 saturated heterocycles. The molecule has 0 unspecified atom stereocenters. The monoisotopic (exact) mass is 181 g/mol. The van der Waals surface area contributed by atoms with Crippen molar-refractivity contribution in [1.29, 1.82) is 0 Å². The average molecular weight is 181 g/mol. The van der Waals surface area contributed by atoms with Gasteiger partial charge in [-0.3, -0.25) is 0 Å². The Kier molecular flexibility index (Phi) is 3.12. The Hall–Kier alpha value is -0.790. The molecule has 0 amide bonds. The van der Waals surface area contributed by atoms with Crippen molar-refractivity contribution in [2.45, 2.75) is 54.1 Å². The van der Waals surface area contributed by atoms with E-state index in [-0.39, 0.29) is 0 Å². The Morgan fingerprint density at radius 1 is 1.15 bits per heavy atom. The molecule has 1 aromatic heterocycles. The van der Waals surface area contributed by atoms with Gasteiger partial charge in [0.1, 0.15) is 11.4 Å². The topological polar surface area (TPSA) is 8.81 Å². The second-order valence-electron chi connectivity index (χ2n) is 3.61. The fraction of sp³-hybridized carbons (Fsp3) is 0.727. The summed E-state index contributed by atoms with van der Waals surface area (Å²) in [6, 6.07) is 0. The van der Waals surface area contributed by atoms with Crippen molar-refractivity contribution in [3.05, 3.63) is 17.2 Å². The molecular formula is C11H21N2+. The van der Waals surface area contributed by atoms with Crippen LogP contribution in [-0.4, -0.2) is 4.57 Å². The summed E-state index contributed by atoms with van der Waals surface area (Å²) >= 11 is 0. The van der Waals surface area contributed by atoms with Gasteiger partial charge in [0.25, 0.3) is 5.82 Å². The van der Waals surface area contributed by atoms with Gasteiger partial charge in [-0.2, -0.15) is 0 Å². The van der Waals surface area contributed by atoms with Crippen LogP contribution in [0.1, 0.15) is 37.5 Å². The minimum absolute atomic E-state index is 1.08. The molecule has 0 spiro atoms. The number of nitrogens with zero attached hydrogens (tertiary/aromatic N) is 2. The van der Waals surface area contributed by atoms with Crippen LogP contribution in [0.25, 0.3) is 0 Å². The summed E-state index contributed by atoms with van der Waals surface area (Å²) in [7, 11) is 0. The van der Waals surface area contributed by atoms with Crippen molar-refractivity contribution in [3.8, 4) is 0 Å². The highest BCUT2D eigenvalue weighted by Crippen LogP contribution is 2.07. The molecule has 0 fully saturated rings. The van der Waals surface area contributed by atoms with Crippen LogP contribution in [-0.2, 0) is 13.1 Å². The van der Waals surface area contributed by atoms with Gasteiger partial charge in [-0.15, -0.1) is 0 Å². The van der Waals surface area contributed by atoms with Gasteiger partial charge in [0, 0.05) is 20.8 Å². The summed E-state index contributed by atoms with van der Waals surface area (Å²) in [5.41, 5.74) is 2.83. The molecule has 74 valence electrons. The average Bonchev–Trinajstić information content (AvgIpc) is 2.31. The van der Waals surface area contributed by atoms with E-state index in [4.69, 9.17) is 0 Å². The molecule has 0 bridgehead atoms. The third-order valence-electron chi connectivity index (χ3n) is 2.88. The maximum Gasteiger partial charge on any atom is 0.253 e. The molecule has 0 aliphatic carbocycles. The molecule has 1 aromatic rings. The highest BCUT2D eigenvalue weighted by Gasteiger charge is 2.19. The van der Waals surface area contributed by atoms with Crippen molar-refractivity contribution >= 4 is 0 Å². The van der Waals surface area contributed by atoms with E-state index in [1.54, 1.807) is 0 Å². The van der Waals surface area contributed by atoms with Crippen LogP contribution in [0, 0.1) is 20.8 Å². The van der Waals surface area contributed by atoms with Gasteiger partial charge in [-0.1, -0.05) is 6.92 Å². The lowest BCUT2D eigenvalue weighted by Crippen LogP contribution is -2.38. The van der Waals surface area contributed by atoms with Gasteiger partial charge in [0.15, 0.2) is 0 Å². The van der Waals surface area contributed by atoms with E-state index in [2.05, 4.69) is 43.8 Å². The predicted molar refractivity (Wildman–Crippen MR) is 54.8 cm³/mol. The number of aromatic nitrogens is 2. The second kappa shape index (κ2) is 3.95. The predicted octanol–water partition coefficient (Wildman–Crippen LogP) is 2.13. The molecule has 0 radical (unpaired) electrons. The summed E-state index contributed by atoms with van der Waals surface area (Å²) in [5.74, 6) is 1.39. The SMILES string of the molecule is CCC[n+]1c(C)c(C)n(CC)c1C. The van der Waals surface area contributed by atoms with Crippen molar-refractivity contribution in [1.82, 2.24) is 4.57 Å². The van der Waals surface area contributed by atoms with Gasteiger partial charge in [-0.05, 0) is 13.3 Å². The molecule has 0 aromatic carbocycles. The molecule has 1 rings (SSSR count). The standard InChI is InChI=1S/C11H21N2/c1-6-8-13-10(4)9(3)12(7-2)11(13)5/h6-8H2,1-5H3/q+1. The third kappa shape index (κ3) is 1.62. The maximum atomic E-state index is 2.42. The molecular weight excluding hydrogens is 160 g/mol. The lowest BCUT2D eigenvalue weighted by Gasteiger charge is -1.97. The first kappa shape index (κ1) is 10.3. The van der Waals surface area contributed by atoms with Gasteiger partial charge in [0.05, 0.1) is 13.1 Å². The van der Waals surface area contributed by atoms with E-state index in [1.807, 2.05) is 0 Å². The molecule has 2 heteroatoms. The minimum atomic E-state index is 1.08. The van der Waals surface area contributed by atoms with Gasteiger partial charge < -0.3 is 0 Å². The van der Waals surface area contributed by atoms with Gasteiger partial charge in [-0.25, -0.2) is 9.13 Å². The van der Waals surface area contributed by atoms with E-state index >= 15 is 0 Å². The quantitative estimate of drug-likeness (QED) is 0.632. The second-order valence-corrected chi connectivity index (χ2v) is 3.61. The van der Waals surface area contributed by atoms with Gasteiger partial charge in [0.2, 0.25) is 0 Å². The molecule has 13 heavy (non-hydrogen) atoms. The zero-order valence-corrected chi connectivity index (χ0v) is 9.52. The lowest BCUT2D eigenvalue weighted by molar-refractivity contribution is -0.708. The Morgan fingerprint density at radius 3 is 2.15 bits per heavy atom. The van der Waals surface area contributed by atoms with Crippen LogP contribution in [0.3, 0.4) is 0 Å². The van der Waals surface area contributed by atoms with Gasteiger partial charge >= 0.3 is 0 Å². The van der Waals surface area contributed by atoms with Crippen LogP contribution in [0.4, 0.5) is 0 Å². The summed E-state index contributed by atoms with van der Waals surface area (Å²) < 4.78 is 4.80. The molecule has 2 nitrogen and oxygen atoms in total. The minimum Gasteiger partial charge on any atom is -0.232 e. The largest absolute Gasteiger partial charge is 0.253 e. The van der Waals surface area contributed by atoms with E-state index in [0.29, 0.717) is 0 Å². The number of hydrogen-bond donors (Lipinski definition) is 0. The molecule has 0 aliphatic heterocycles. The zero-order chi connectivity index (χ0) is 10.0. The number of imidazole rings is 1. The smallest absolute Gasteiger partial charge is 0.232 e. The summed E-state index contributed by atoms with van der Waals surface area (Å²) in [6.45, 7) is 13.3. The Bertz CT molecular complexity index is 298. The van der Waals surface area contributed by atoms with Crippen LogP contribution >= 0.6 is 0 Å². The first-order valence-electron chi connectivity index (χ1n) is 5.19. The van der Waals surface area contributed by atoms with E-state index in [1.165, 1.54) is 23.6 Å². The summed E-state index contributed by atoms with van der Waals surface area (Å²) in [6.07, 6.45) is 1.21. The molecule has 1 heterocycles. The molecule has 0 N–H and O–H groups in total. The highest BCUT2D eigenvalue weighted by atomic mass is 15.2. The Labute approximate surface area is 81.2 Å². The van der Waals surface area contributed by atoms with Crippen LogP contribution < -0.4 is 4.57 Å². The normalized spacial score (nSPS) is 10.8. The molecule has 0 atom stereocenters. The number of hydrogen-bond acceptors (Lipinski definition) is 0. The lowest BCUT2D eigenvalue weighted by atomic mass is 10.3. The van der Waals surface area contributed by atoms with Crippen molar-refractivity contribution < 1.29 is 4.57 Å². The molecule has 0 aliphatic rings. The Morgan fingerprint density at radius 2 is 1.77 bits per heavy atom. The fourth-order valence-electron chi connectivity index (χ4n) is 2.04. The van der Waals surface area contributed by atoms with E-state index in [9.17, 15) is 0 Å². The van der Waals surface area contributed by atoms with Crippen LogP contribution in [0.5, 0.6) is 0 Å². The van der Waals surface area contributed by atoms with Crippen molar-refractivity contribution in [2.24, 2.45) is 0 Å². The maximum absolute atomic E-state index is 2.42. The Balaban J connectivity index is 3.19. The third-order valence-corrected chi connectivity index (χ3v) is 2.88. The molecule has 0 saturated carbocycles.